The number of nitrogens with two attached hydrogens (primary N) is 1. The number of rotatable bonds is 3. The highest BCUT2D eigenvalue weighted by molar-refractivity contribution is 5.93. The molecule has 4 N–H and O–H groups in total. The van der Waals surface area contributed by atoms with Gasteiger partial charge < -0.3 is 19.8 Å². The first kappa shape index (κ1) is 12.6. The topological polar surface area (TPSA) is 107 Å². The maximum absolute atomic E-state index is 11.9. The molecule has 0 radical (unpaired) electrons. The van der Waals surface area contributed by atoms with E-state index in [9.17, 15) is 9.59 Å². The van der Waals surface area contributed by atoms with Crippen molar-refractivity contribution in [2.24, 2.45) is 5.84 Å². The summed E-state index contributed by atoms with van der Waals surface area (Å²) in [7, 11) is 0. The number of carboxylic acid groups (broad SMARTS) is 1. The van der Waals surface area contributed by atoms with Crippen molar-refractivity contribution in [1.82, 2.24) is 4.57 Å². The van der Waals surface area contributed by atoms with Crippen LogP contribution in [0.4, 0.5) is 5.69 Å². The Labute approximate surface area is 103 Å². The largest absolute Gasteiger partial charge is 0.478 e. The van der Waals surface area contributed by atoms with Gasteiger partial charge in [0.2, 0.25) is 0 Å². The van der Waals surface area contributed by atoms with E-state index in [2.05, 4.69) is 5.43 Å². The van der Waals surface area contributed by atoms with Crippen LogP contribution in [0, 0.1) is 0 Å². The quantitative estimate of drug-likeness (QED) is 0.524. The van der Waals surface area contributed by atoms with E-state index in [0.717, 1.165) is 0 Å². The van der Waals surface area contributed by atoms with Crippen LogP contribution in [0.1, 0.15) is 29.2 Å². The van der Waals surface area contributed by atoms with Crippen molar-refractivity contribution in [2.75, 3.05) is 18.6 Å². The summed E-state index contributed by atoms with van der Waals surface area (Å²) < 4.78 is 6.67. The van der Waals surface area contributed by atoms with Crippen LogP contribution in [-0.2, 0) is 4.74 Å². The van der Waals surface area contributed by atoms with Gasteiger partial charge in [0.25, 0.3) is 5.56 Å². The van der Waals surface area contributed by atoms with Crippen LogP contribution in [0.3, 0.4) is 0 Å². The average molecular weight is 253 g/mol. The van der Waals surface area contributed by atoms with Crippen molar-refractivity contribution in [2.45, 2.75) is 18.9 Å². The summed E-state index contributed by atoms with van der Waals surface area (Å²) in [6.07, 6.45) is 2.75. The highest BCUT2D eigenvalue weighted by atomic mass is 16.5. The number of carboxylic acids is 1. The monoisotopic (exact) mass is 253 g/mol. The number of nitrogens with zero attached hydrogens (tertiary/aromatic N) is 1. The lowest BCUT2D eigenvalue weighted by molar-refractivity contribution is 0.0671. The predicted molar refractivity (Wildman–Crippen MR) is 64.6 cm³/mol. The molecule has 1 aliphatic heterocycles. The molecule has 0 spiro atoms. The standard InChI is InChI=1S/C11H15N3O4/c12-13-9-5-10(15)14(6-8(9)11(16)17)7-1-3-18-4-2-7/h5-7,13H,1-4,12H2,(H,16,17). The number of hydrogen-bond donors (Lipinski definition) is 3. The molecule has 7 heteroatoms. The molecule has 0 amide bonds. The van der Waals surface area contributed by atoms with Gasteiger partial charge in [0, 0.05) is 31.5 Å². The third-order valence-corrected chi connectivity index (χ3v) is 3.05. The summed E-state index contributed by atoms with van der Waals surface area (Å²) in [6.45, 7) is 1.16. The van der Waals surface area contributed by atoms with Crippen LogP contribution >= 0.6 is 0 Å². The SMILES string of the molecule is NNc1cc(=O)n(C2CCOCC2)cc1C(=O)O. The molecule has 1 aromatic rings. The molecule has 0 saturated carbocycles. The summed E-state index contributed by atoms with van der Waals surface area (Å²) in [5, 5.41) is 9.07. The second-order valence-electron chi connectivity index (χ2n) is 4.14. The molecule has 1 aliphatic rings. The first-order chi connectivity index (χ1) is 8.63. The highest BCUT2D eigenvalue weighted by Gasteiger charge is 2.20. The molecule has 18 heavy (non-hydrogen) atoms. The Kier molecular flexibility index (Phi) is 3.63. The van der Waals surface area contributed by atoms with E-state index in [0.29, 0.717) is 26.1 Å². The third-order valence-electron chi connectivity index (χ3n) is 3.05. The maximum atomic E-state index is 11.9. The Hall–Kier alpha value is -1.86. The number of aromatic carboxylic acids is 1. The van der Waals surface area contributed by atoms with Crippen molar-refractivity contribution in [1.29, 1.82) is 0 Å². The average Bonchev–Trinajstić information content (AvgIpc) is 2.39. The van der Waals surface area contributed by atoms with Crippen molar-refractivity contribution in [3.05, 3.63) is 28.2 Å². The summed E-state index contributed by atoms with van der Waals surface area (Å²) in [6, 6.07) is 1.19. The molecule has 0 bridgehead atoms. The van der Waals surface area contributed by atoms with Crippen molar-refractivity contribution < 1.29 is 14.6 Å². The molecule has 1 aromatic heterocycles. The van der Waals surface area contributed by atoms with Gasteiger partial charge in [0.05, 0.1) is 5.69 Å². The number of anilines is 1. The Bertz CT molecular complexity index is 506. The van der Waals surface area contributed by atoms with Gasteiger partial charge >= 0.3 is 5.97 Å². The number of pyridine rings is 1. The lowest BCUT2D eigenvalue weighted by atomic mass is 10.1. The molecule has 7 nitrogen and oxygen atoms in total. The molecule has 0 aromatic carbocycles. The van der Waals surface area contributed by atoms with Crippen LogP contribution in [-0.4, -0.2) is 28.9 Å². The number of ether oxygens (including phenoxy) is 1. The fourth-order valence-corrected chi connectivity index (χ4v) is 2.09. The summed E-state index contributed by atoms with van der Waals surface area (Å²) in [4.78, 5) is 23.0. The second-order valence-corrected chi connectivity index (χ2v) is 4.14. The van der Waals surface area contributed by atoms with E-state index in [1.165, 1.54) is 16.8 Å². The van der Waals surface area contributed by atoms with Gasteiger partial charge in [-0.05, 0) is 12.8 Å². The molecule has 0 atom stereocenters. The van der Waals surface area contributed by atoms with Crippen LogP contribution in [0.2, 0.25) is 0 Å². The smallest absolute Gasteiger partial charge is 0.339 e. The Morgan fingerprint density at radius 3 is 2.72 bits per heavy atom. The zero-order chi connectivity index (χ0) is 13.1. The molecule has 0 unspecified atom stereocenters. The molecule has 0 aliphatic carbocycles. The van der Waals surface area contributed by atoms with Gasteiger partial charge in [-0.25, -0.2) is 4.79 Å². The van der Waals surface area contributed by atoms with E-state index in [1.54, 1.807) is 0 Å². The summed E-state index contributed by atoms with van der Waals surface area (Å²) in [5.41, 5.74) is 2.08. The Balaban J connectivity index is 2.44. The lowest BCUT2D eigenvalue weighted by Gasteiger charge is -2.24. The van der Waals surface area contributed by atoms with Crippen LogP contribution in [0.25, 0.3) is 0 Å². The first-order valence-electron chi connectivity index (χ1n) is 5.67. The Morgan fingerprint density at radius 1 is 1.50 bits per heavy atom. The van der Waals surface area contributed by atoms with Gasteiger partial charge in [-0.15, -0.1) is 0 Å². The number of nitrogens with one attached hydrogen (secondary N) is 1. The predicted octanol–water partition coefficient (Wildman–Crippen LogP) is 0.184. The minimum absolute atomic E-state index is 0.0106. The minimum atomic E-state index is -1.12. The molecule has 2 heterocycles. The molecular weight excluding hydrogens is 238 g/mol. The first-order valence-corrected chi connectivity index (χ1v) is 5.67. The third kappa shape index (κ3) is 2.36. The lowest BCUT2D eigenvalue weighted by Crippen LogP contribution is -2.30. The van der Waals surface area contributed by atoms with E-state index < -0.39 is 5.97 Å². The fraction of sp³-hybridized carbons (Fsp3) is 0.455. The normalized spacial score (nSPS) is 16.5. The van der Waals surface area contributed by atoms with E-state index in [1.807, 2.05) is 0 Å². The van der Waals surface area contributed by atoms with E-state index in [-0.39, 0.29) is 22.9 Å². The summed E-state index contributed by atoms with van der Waals surface area (Å²) >= 11 is 0. The zero-order valence-electron chi connectivity index (χ0n) is 9.76. The molecule has 1 fully saturated rings. The van der Waals surface area contributed by atoms with Gasteiger partial charge in [0.1, 0.15) is 5.56 Å². The number of hydrazine groups is 1. The summed E-state index contributed by atoms with van der Waals surface area (Å²) in [5.74, 6) is 4.08. The number of hydrogen-bond acceptors (Lipinski definition) is 5. The Morgan fingerprint density at radius 2 is 2.17 bits per heavy atom. The van der Waals surface area contributed by atoms with Crippen LogP contribution in [0.5, 0.6) is 0 Å². The van der Waals surface area contributed by atoms with Gasteiger partial charge in [-0.2, -0.15) is 0 Å². The maximum Gasteiger partial charge on any atom is 0.339 e. The molecule has 2 rings (SSSR count). The fourth-order valence-electron chi connectivity index (χ4n) is 2.09. The van der Waals surface area contributed by atoms with Crippen molar-refractivity contribution >= 4 is 11.7 Å². The number of nitrogen functional groups attached to an aromatic ring is 1. The van der Waals surface area contributed by atoms with Crippen molar-refractivity contribution in [3.63, 3.8) is 0 Å². The minimum Gasteiger partial charge on any atom is -0.478 e. The molecule has 1 saturated heterocycles. The van der Waals surface area contributed by atoms with Crippen LogP contribution < -0.4 is 16.8 Å². The number of carbonyl (C=O) groups is 1. The van der Waals surface area contributed by atoms with E-state index >= 15 is 0 Å². The van der Waals surface area contributed by atoms with Crippen molar-refractivity contribution in [3.8, 4) is 0 Å². The zero-order valence-corrected chi connectivity index (χ0v) is 9.76. The number of aromatic nitrogens is 1. The van der Waals surface area contributed by atoms with Gasteiger partial charge in [-0.3, -0.25) is 10.6 Å². The molecule has 98 valence electrons. The second kappa shape index (κ2) is 5.19. The van der Waals surface area contributed by atoms with Gasteiger partial charge in [0.15, 0.2) is 0 Å². The molecular formula is C11H15N3O4. The van der Waals surface area contributed by atoms with E-state index in [4.69, 9.17) is 15.7 Å². The van der Waals surface area contributed by atoms with Crippen LogP contribution in [0.15, 0.2) is 17.1 Å². The van der Waals surface area contributed by atoms with Gasteiger partial charge in [-0.1, -0.05) is 0 Å². The highest BCUT2D eigenvalue weighted by Crippen LogP contribution is 2.21.